The van der Waals surface area contributed by atoms with Gasteiger partial charge < -0.3 is 0 Å². The van der Waals surface area contributed by atoms with E-state index in [4.69, 9.17) is 0 Å². The Morgan fingerprint density at radius 2 is 1.19 bits per heavy atom. The molecule has 2 atom stereocenters. The molecule has 0 aromatic rings. The maximum Gasteiger partial charge on any atom is 0.185 e. The molecule has 0 amide bonds. The maximum absolute atomic E-state index is 13.1. The minimum Gasteiger partial charge on any atom is -0.294 e. The molecule has 48 heavy (non-hydrogen) atoms. The highest BCUT2D eigenvalue weighted by Gasteiger charge is 2.36. The molecule has 0 aromatic carbocycles. The number of hydrogen-bond acceptors (Lipinski definition) is 2. The molecular weight excluding hydrogens is 585 g/mol. The van der Waals surface area contributed by atoms with Crippen molar-refractivity contribution < 1.29 is 9.59 Å². The van der Waals surface area contributed by atoms with Gasteiger partial charge in [0.25, 0.3) is 0 Å². The van der Waals surface area contributed by atoms with E-state index in [9.17, 15) is 9.59 Å². The SMILES string of the molecule is CC(C)=CCC/C(C)=C/CC/C(C)=C/CC/C(C)=C/CCC(C)CCC/C(C)=C/CC/C(C)=C/CC1=C(C)C(=O)C2=CC=CCC2C1=O. The van der Waals surface area contributed by atoms with Crippen molar-refractivity contribution in [1.29, 1.82) is 0 Å². The number of allylic oxidation sites excluding steroid dienone is 18. The Balaban J connectivity index is 1.60. The van der Waals surface area contributed by atoms with Gasteiger partial charge in [-0.2, -0.15) is 0 Å². The molecule has 2 heteroatoms. The molecule has 2 nitrogen and oxygen atoms in total. The number of Topliss-reactive ketones (excluding diaryl/α,β-unsaturated/α-hetero) is 2. The van der Waals surface area contributed by atoms with Crippen LogP contribution in [-0.4, -0.2) is 11.6 Å². The second-order valence-electron chi connectivity index (χ2n) is 15.1. The number of hydrogen-bond donors (Lipinski definition) is 0. The van der Waals surface area contributed by atoms with Crippen LogP contribution in [0.2, 0.25) is 0 Å². The zero-order valence-electron chi connectivity index (χ0n) is 32.3. The summed E-state index contributed by atoms with van der Waals surface area (Å²) >= 11 is 0. The average molecular weight is 653 g/mol. The van der Waals surface area contributed by atoms with Gasteiger partial charge in [0.05, 0.1) is 5.92 Å². The van der Waals surface area contributed by atoms with Crippen LogP contribution >= 0.6 is 0 Å². The van der Waals surface area contributed by atoms with E-state index in [1.165, 1.54) is 84.8 Å². The van der Waals surface area contributed by atoms with Gasteiger partial charge in [0, 0.05) is 16.7 Å². The molecule has 0 fully saturated rings. The molecule has 0 aliphatic heterocycles. The molecule has 2 aliphatic carbocycles. The molecule has 0 N–H and O–H groups in total. The van der Waals surface area contributed by atoms with Gasteiger partial charge in [-0.05, 0) is 151 Å². The number of rotatable bonds is 21. The van der Waals surface area contributed by atoms with Crippen LogP contribution in [0.25, 0.3) is 0 Å². The third kappa shape index (κ3) is 15.9. The van der Waals surface area contributed by atoms with Crippen molar-refractivity contribution >= 4 is 11.6 Å². The predicted octanol–water partition coefficient (Wildman–Crippen LogP) is 13.8. The first-order valence-corrected chi connectivity index (χ1v) is 19.0. The lowest BCUT2D eigenvalue weighted by atomic mass is 9.74. The largest absolute Gasteiger partial charge is 0.294 e. The van der Waals surface area contributed by atoms with E-state index < -0.39 is 0 Å². The second kappa shape index (κ2) is 22.6. The number of fused-ring (bicyclic) bond motifs is 1. The fourth-order valence-corrected chi connectivity index (χ4v) is 6.62. The summed E-state index contributed by atoms with van der Waals surface area (Å²) in [5.74, 6) is 0.670. The highest BCUT2D eigenvalue weighted by molar-refractivity contribution is 6.21. The normalized spacial score (nSPS) is 18.7. The van der Waals surface area contributed by atoms with Crippen LogP contribution in [0.1, 0.15) is 159 Å². The highest BCUT2D eigenvalue weighted by atomic mass is 16.1. The van der Waals surface area contributed by atoms with Crippen molar-refractivity contribution in [3.05, 3.63) is 105 Å². The van der Waals surface area contributed by atoms with Crippen molar-refractivity contribution in [1.82, 2.24) is 0 Å². The molecule has 0 saturated carbocycles. The van der Waals surface area contributed by atoms with Crippen LogP contribution in [-0.2, 0) is 9.59 Å². The Kier molecular flexibility index (Phi) is 19.4. The standard InChI is InChI=1S/C46H68O2/c1-34(2)18-12-19-35(3)20-13-21-36(4)22-14-23-37(5)24-15-25-38(6)26-16-27-39(7)28-17-29-40(8)32-33-42-41(9)45(47)43-30-10-11-31-44(43)46(42)48/h10-11,18,20,22,24,28,30,32,38,44H,12-17,19,21,23,25-27,29,31,33H2,1-9H3/b35-20+,36-22+,37-24+,39-28+,40-32+. The maximum atomic E-state index is 13.1. The van der Waals surface area contributed by atoms with Gasteiger partial charge in [-0.25, -0.2) is 0 Å². The second-order valence-corrected chi connectivity index (χ2v) is 15.1. The first kappa shape index (κ1) is 41.2. The summed E-state index contributed by atoms with van der Waals surface area (Å²) in [4.78, 5) is 25.9. The Morgan fingerprint density at radius 3 is 1.75 bits per heavy atom. The fourth-order valence-electron chi connectivity index (χ4n) is 6.62. The zero-order valence-corrected chi connectivity index (χ0v) is 32.3. The van der Waals surface area contributed by atoms with E-state index >= 15 is 0 Å². The average Bonchev–Trinajstić information content (AvgIpc) is 3.03. The highest BCUT2D eigenvalue weighted by Crippen LogP contribution is 2.34. The number of carbonyl (C=O) groups is 2. The van der Waals surface area contributed by atoms with E-state index in [0.717, 1.165) is 38.0 Å². The summed E-state index contributed by atoms with van der Waals surface area (Å²) < 4.78 is 0. The Labute approximate surface area is 295 Å². The van der Waals surface area contributed by atoms with Crippen molar-refractivity contribution in [2.45, 2.75) is 159 Å². The minimum absolute atomic E-state index is 0.0501. The van der Waals surface area contributed by atoms with Crippen LogP contribution in [0.5, 0.6) is 0 Å². The third-order valence-corrected chi connectivity index (χ3v) is 10.1. The monoisotopic (exact) mass is 653 g/mol. The van der Waals surface area contributed by atoms with E-state index in [1.807, 2.05) is 25.2 Å². The van der Waals surface area contributed by atoms with Crippen LogP contribution in [0.15, 0.2) is 105 Å². The summed E-state index contributed by atoms with van der Waals surface area (Å²) in [6.45, 7) is 19.8. The summed E-state index contributed by atoms with van der Waals surface area (Å²) in [6.07, 6.45) is 36.4. The third-order valence-electron chi connectivity index (χ3n) is 10.1. The van der Waals surface area contributed by atoms with Gasteiger partial charge >= 0.3 is 0 Å². The van der Waals surface area contributed by atoms with Crippen LogP contribution in [0.3, 0.4) is 0 Å². The van der Waals surface area contributed by atoms with Gasteiger partial charge in [-0.15, -0.1) is 0 Å². The molecule has 0 radical (unpaired) electrons. The molecule has 0 heterocycles. The Morgan fingerprint density at radius 1 is 0.688 bits per heavy atom. The van der Waals surface area contributed by atoms with Gasteiger partial charge in [-0.1, -0.05) is 101 Å². The van der Waals surface area contributed by atoms with Gasteiger partial charge in [0.15, 0.2) is 11.6 Å². The molecule has 0 saturated heterocycles. The first-order valence-electron chi connectivity index (χ1n) is 19.0. The number of carbonyl (C=O) groups excluding carboxylic acids is 2. The van der Waals surface area contributed by atoms with Crippen molar-refractivity contribution in [3.63, 3.8) is 0 Å². The Bertz CT molecular complexity index is 1360. The molecule has 2 unspecified atom stereocenters. The van der Waals surface area contributed by atoms with E-state index in [-0.39, 0.29) is 17.5 Å². The van der Waals surface area contributed by atoms with Crippen LogP contribution in [0, 0.1) is 11.8 Å². The predicted molar refractivity (Wildman–Crippen MR) is 210 cm³/mol. The summed E-state index contributed by atoms with van der Waals surface area (Å²) in [6, 6.07) is 0. The van der Waals surface area contributed by atoms with Gasteiger partial charge in [0.1, 0.15) is 0 Å². The first-order chi connectivity index (χ1) is 22.9. The molecule has 2 rings (SSSR count). The number of ketones is 2. The lowest BCUT2D eigenvalue weighted by Crippen LogP contribution is -2.31. The van der Waals surface area contributed by atoms with Crippen molar-refractivity contribution in [2.24, 2.45) is 11.8 Å². The van der Waals surface area contributed by atoms with Crippen molar-refractivity contribution in [3.8, 4) is 0 Å². The fraction of sp³-hybridized carbons (Fsp3) is 0.565. The lowest BCUT2D eigenvalue weighted by Gasteiger charge is -2.27. The Hall–Kier alpha value is -3.00. The summed E-state index contributed by atoms with van der Waals surface area (Å²) in [5, 5.41) is 0. The van der Waals surface area contributed by atoms with Crippen LogP contribution in [0.4, 0.5) is 0 Å². The van der Waals surface area contributed by atoms with E-state index in [0.29, 0.717) is 29.6 Å². The molecule has 0 aromatic heterocycles. The zero-order chi connectivity index (χ0) is 35.5. The molecule has 0 bridgehead atoms. The van der Waals surface area contributed by atoms with E-state index in [2.05, 4.69) is 91.8 Å². The summed E-state index contributed by atoms with van der Waals surface area (Å²) in [7, 11) is 0. The molecule has 264 valence electrons. The molecular formula is C46H68O2. The quantitative estimate of drug-likeness (QED) is 0.116. The van der Waals surface area contributed by atoms with E-state index in [1.54, 1.807) is 0 Å². The van der Waals surface area contributed by atoms with Gasteiger partial charge in [-0.3, -0.25) is 9.59 Å². The smallest absolute Gasteiger partial charge is 0.185 e. The topological polar surface area (TPSA) is 34.1 Å². The molecule has 0 spiro atoms. The van der Waals surface area contributed by atoms with Crippen LogP contribution < -0.4 is 0 Å². The minimum atomic E-state index is -0.277. The molecule has 2 aliphatic rings. The lowest BCUT2D eigenvalue weighted by molar-refractivity contribution is -0.122. The van der Waals surface area contributed by atoms with Gasteiger partial charge in [0.2, 0.25) is 0 Å². The van der Waals surface area contributed by atoms with Crippen molar-refractivity contribution in [2.75, 3.05) is 0 Å². The summed E-state index contributed by atoms with van der Waals surface area (Å²) in [5.41, 5.74) is 10.8.